The Morgan fingerprint density at radius 2 is 1.82 bits per heavy atom. The second kappa shape index (κ2) is 4.19. The first-order valence-corrected chi connectivity index (χ1v) is 6.75. The molecule has 0 aliphatic carbocycles. The molecule has 0 saturated heterocycles. The Labute approximate surface area is 105 Å². The number of hydrogen-bond donors (Lipinski definition) is 0. The second-order valence-corrected chi connectivity index (χ2v) is 5.37. The largest absolute Gasteiger partial charge is 0.207 e. The molecule has 3 rings (SSSR count). The van der Waals surface area contributed by atoms with Crippen LogP contribution in [0.3, 0.4) is 0 Å². The molecule has 1 aliphatic heterocycles. The summed E-state index contributed by atoms with van der Waals surface area (Å²) in [5, 5.41) is 0. The maximum Gasteiger partial charge on any atom is 0.127 e. The predicted molar refractivity (Wildman–Crippen MR) is 69.9 cm³/mol. The summed E-state index contributed by atoms with van der Waals surface area (Å²) in [4.78, 5) is 1.27. The van der Waals surface area contributed by atoms with Gasteiger partial charge in [-0.15, -0.1) is 11.8 Å². The van der Waals surface area contributed by atoms with Crippen molar-refractivity contribution < 1.29 is 4.39 Å². The van der Waals surface area contributed by atoms with Crippen LogP contribution in [0.4, 0.5) is 4.39 Å². The number of thioether (sulfide) groups is 1. The lowest BCUT2D eigenvalue weighted by Crippen LogP contribution is -2.00. The molecule has 0 N–H and O–H groups in total. The molecule has 17 heavy (non-hydrogen) atoms. The van der Waals surface area contributed by atoms with Crippen LogP contribution in [0.5, 0.6) is 0 Å². The minimum atomic E-state index is -0.0744. The number of fused-ring (bicyclic) bond motifs is 2. The fourth-order valence-electron chi connectivity index (χ4n) is 2.42. The van der Waals surface area contributed by atoms with E-state index in [0.29, 0.717) is 0 Å². The van der Waals surface area contributed by atoms with Gasteiger partial charge in [-0.1, -0.05) is 37.3 Å². The number of benzene rings is 2. The van der Waals surface area contributed by atoms with Crippen molar-refractivity contribution >= 4 is 11.8 Å². The molecule has 0 fully saturated rings. The molecule has 0 nitrogen and oxygen atoms in total. The summed E-state index contributed by atoms with van der Waals surface area (Å²) in [7, 11) is 0. The van der Waals surface area contributed by atoms with Crippen LogP contribution in [0.2, 0.25) is 0 Å². The molecule has 0 bridgehead atoms. The number of halogens is 1. The highest BCUT2D eigenvalue weighted by atomic mass is 32.2. The quantitative estimate of drug-likeness (QED) is 0.653. The molecule has 0 radical (unpaired) electrons. The van der Waals surface area contributed by atoms with Gasteiger partial charge in [-0.05, 0) is 23.3 Å². The molecule has 0 amide bonds. The van der Waals surface area contributed by atoms with Crippen LogP contribution < -0.4 is 0 Å². The van der Waals surface area contributed by atoms with E-state index in [1.807, 2.05) is 18.2 Å². The predicted octanol–water partition coefficient (Wildman–Crippen LogP) is 4.58. The Morgan fingerprint density at radius 1 is 1.06 bits per heavy atom. The van der Waals surface area contributed by atoms with Gasteiger partial charge in [-0.2, -0.15) is 0 Å². The molecule has 1 heterocycles. The van der Waals surface area contributed by atoms with Crippen LogP contribution in [-0.4, -0.2) is 0 Å². The van der Waals surface area contributed by atoms with Gasteiger partial charge in [0.25, 0.3) is 0 Å². The number of rotatable bonds is 0. The normalized spacial score (nSPS) is 18.1. The summed E-state index contributed by atoms with van der Waals surface area (Å²) < 4.78 is 13.8. The van der Waals surface area contributed by atoms with E-state index in [2.05, 4.69) is 25.1 Å². The third kappa shape index (κ3) is 1.77. The average molecular weight is 244 g/mol. The van der Waals surface area contributed by atoms with Gasteiger partial charge in [-0.25, -0.2) is 4.39 Å². The summed E-state index contributed by atoms with van der Waals surface area (Å²) in [6.07, 6.45) is 0. The standard InChI is InChI=1S/C15H13FS/c1-10-11-6-4-7-14(16)13(11)9-17-15-8-3-2-5-12(10)15/h2-8,10H,9H2,1H3/t10-/m0/s1. The van der Waals surface area contributed by atoms with Crippen molar-refractivity contribution in [3.8, 4) is 0 Å². The molecular formula is C15H13FS. The van der Waals surface area contributed by atoms with Gasteiger partial charge in [0.05, 0.1) is 0 Å². The van der Waals surface area contributed by atoms with Crippen molar-refractivity contribution in [2.24, 2.45) is 0 Å². The van der Waals surface area contributed by atoms with Crippen molar-refractivity contribution in [1.82, 2.24) is 0 Å². The van der Waals surface area contributed by atoms with E-state index >= 15 is 0 Å². The van der Waals surface area contributed by atoms with Gasteiger partial charge in [-0.3, -0.25) is 0 Å². The summed E-state index contributed by atoms with van der Waals surface area (Å²) in [6.45, 7) is 2.16. The zero-order chi connectivity index (χ0) is 11.8. The molecule has 86 valence electrons. The van der Waals surface area contributed by atoms with Gasteiger partial charge in [0, 0.05) is 22.1 Å². The van der Waals surface area contributed by atoms with Crippen molar-refractivity contribution in [3.63, 3.8) is 0 Å². The van der Waals surface area contributed by atoms with Crippen molar-refractivity contribution in [2.75, 3.05) is 0 Å². The summed E-state index contributed by atoms with van der Waals surface area (Å²) in [6, 6.07) is 13.8. The molecule has 0 spiro atoms. The van der Waals surface area contributed by atoms with E-state index in [-0.39, 0.29) is 11.7 Å². The van der Waals surface area contributed by atoms with E-state index in [4.69, 9.17) is 0 Å². The maximum atomic E-state index is 13.8. The number of hydrogen-bond acceptors (Lipinski definition) is 1. The molecule has 1 aliphatic rings. The Hall–Kier alpha value is -1.28. The van der Waals surface area contributed by atoms with Gasteiger partial charge >= 0.3 is 0 Å². The maximum absolute atomic E-state index is 13.8. The van der Waals surface area contributed by atoms with E-state index in [9.17, 15) is 4.39 Å². The van der Waals surface area contributed by atoms with Gasteiger partial charge < -0.3 is 0 Å². The highest BCUT2D eigenvalue weighted by Crippen LogP contribution is 2.40. The van der Waals surface area contributed by atoms with Crippen LogP contribution in [0, 0.1) is 5.82 Å². The SMILES string of the molecule is C[C@@H]1c2ccccc2SCc2c(F)cccc21. The Kier molecular flexibility index (Phi) is 2.67. The zero-order valence-electron chi connectivity index (χ0n) is 9.61. The lowest BCUT2D eigenvalue weighted by atomic mass is 9.90. The van der Waals surface area contributed by atoms with E-state index in [0.717, 1.165) is 16.9 Å². The minimum Gasteiger partial charge on any atom is -0.207 e. The fraction of sp³-hybridized carbons (Fsp3) is 0.200. The molecule has 2 aromatic rings. The molecular weight excluding hydrogens is 231 g/mol. The zero-order valence-corrected chi connectivity index (χ0v) is 10.4. The van der Waals surface area contributed by atoms with Crippen LogP contribution >= 0.6 is 11.8 Å². The van der Waals surface area contributed by atoms with Crippen molar-refractivity contribution in [2.45, 2.75) is 23.5 Å². The molecule has 2 aromatic carbocycles. The average Bonchev–Trinajstić information content (AvgIpc) is 2.50. The third-order valence-corrected chi connectivity index (χ3v) is 4.49. The van der Waals surface area contributed by atoms with Crippen LogP contribution in [-0.2, 0) is 5.75 Å². The first kappa shape index (κ1) is 10.8. The minimum absolute atomic E-state index is 0.0744. The highest BCUT2D eigenvalue weighted by Gasteiger charge is 2.21. The Balaban J connectivity index is 2.20. The smallest absolute Gasteiger partial charge is 0.127 e. The summed E-state index contributed by atoms with van der Waals surface area (Å²) in [5.74, 6) is 0.921. The lowest BCUT2D eigenvalue weighted by molar-refractivity contribution is 0.613. The van der Waals surface area contributed by atoms with Gasteiger partial charge in [0.2, 0.25) is 0 Å². The third-order valence-electron chi connectivity index (χ3n) is 3.38. The highest BCUT2D eigenvalue weighted by molar-refractivity contribution is 7.98. The van der Waals surface area contributed by atoms with Gasteiger partial charge in [0.1, 0.15) is 5.82 Å². The Bertz CT molecular complexity index is 563. The second-order valence-electron chi connectivity index (χ2n) is 4.36. The summed E-state index contributed by atoms with van der Waals surface area (Å²) in [5.41, 5.74) is 3.30. The van der Waals surface area contributed by atoms with Crippen LogP contribution in [0.25, 0.3) is 0 Å². The first-order chi connectivity index (χ1) is 8.27. The van der Waals surface area contributed by atoms with E-state index in [1.54, 1.807) is 17.8 Å². The summed E-state index contributed by atoms with van der Waals surface area (Å²) >= 11 is 1.73. The van der Waals surface area contributed by atoms with E-state index in [1.165, 1.54) is 10.5 Å². The molecule has 2 heteroatoms. The van der Waals surface area contributed by atoms with Crippen molar-refractivity contribution in [3.05, 3.63) is 65.0 Å². The topological polar surface area (TPSA) is 0 Å². The molecule has 0 saturated carbocycles. The van der Waals surface area contributed by atoms with E-state index < -0.39 is 0 Å². The van der Waals surface area contributed by atoms with Crippen molar-refractivity contribution in [1.29, 1.82) is 0 Å². The molecule has 0 unspecified atom stereocenters. The lowest BCUT2D eigenvalue weighted by Gasteiger charge is -2.14. The Morgan fingerprint density at radius 3 is 2.71 bits per heavy atom. The fourth-order valence-corrected chi connectivity index (χ4v) is 3.61. The van der Waals surface area contributed by atoms with Gasteiger partial charge in [0.15, 0.2) is 0 Å². The monoisotopic (exact) mass is 244 g/mol. The van der Waals surface area contributed by atoms with Crippen LogP contribution in [0.15, 0.2) is 47.4 Å². The first-order valence-electron chi connectivity index (χ1n) is 5.76. The molecule has 1 atom stereocenters. The molecule has 0 aromatic heterocycles. The van der Waals surface area contributed by atoms with Crippen LogP contribution in [0.1, 0.15) is 29.5 Å².